The van der Waals surface area contributed by atoms with E-state index in [4.69, 9.17) is 25.7 Å². The second-order valence-corrected chi connectivity index (χ2v) is 7.96. The van der Waals surface area contributed by atoms with Crippen LogP contribution >= 0.6 is 0 Å². The van der Waals surface area contributed by atoms with Crippen LogP contribution in [0.3, 0.4) is 0 Å². The Morgan fingerprint density at radius 2 is 1.52 bits per heavy atom. The van der Waals surface area contributed by atoms with Crippen LogP contribution in [0.1, 0.15) is 22.9 Å². The van der Waals surface area contributed by atoms with Crippen molar-refractivity contribution in [3.63, 3.8) is 0 Å². The minimum atomic E-state index is -0.446. The minimum absolute atomic E-state index is 0.391. The first-order chi connectivity index (χ1) is 16.0. The number of ether oxygens (including phenoxy) is 3. The van der Waals surface area contributed by atoms with Crippen molar-refractivity contribution in [2.45, 2.75) is 25.4 Å². The first-order valence-corrected chi connectivity index (χ1v) is 10.9. The van der Waals surface area contributed by atoms with Crippen LogP contribution in [0.5, 0.6) is 17.2 Å². The fourth-order valence-electron chi connectivity index (χ4n) is 4.17. The third kappa shape index (κ3) is 4.88. The molecule has 0 bridgehead atoms. The molecule has 3 aromatic rings. The summed E-state index contributed by atoms with van der Waals surface area (Å²) in [6, 6.07) is 17.8. The van der Waals surface area contributed by atoms with Gasteiger partial charge in [-0.1, -0.05) is 18.2 Å². The molecule has 2 atom stereocenters. The molecule has 1 aliphatic heterocycles. The van der Waals surface area contributed by atoms with E-state index in [1.165, 1.54) is 5.56 Å². The van der Waals surface area contributed by atoms with Crippen molar-refractivity contribution in [1.82, 2.24) is 9.88 Å². The number of anilines is 1. The van der Waals surface area contributed by atoms with Gasteiger partial charge in [-0.3, -0.25) is 5.73 Å². The van der Waals surface area contributed by atoms with Crippen molar-refractivity contribution in [3.05, 3.63) is 77.5 Å². The number of hydrogen-bond donors (Lipinski definition) is 2. The summed E-state index contributed by atoms with van der Waals surface area (Å²) < 4.78 is 16.1. The zero-order valence-corrected chi connectivity index (χ0v) is 19.3. The van der Waals surface area contributed by atoms with Gasteiger partial charge in [-0.15, -0.1) is 0 Å². The summed E-state index contributed by atoms with van der Waals surface area (Å²) in [5.41, 5.74) is 16.6. The van der Waals surface area contributed by atoms with E-state index in [2.05, 4.69) is 26.9 Å². The van der Waals surface area contributed by atoms with E-state index >= 15 is 0 Å². The molecule has 0 spiro atoms. The number of nitrogens with zero attached hydrogens (tertiary/aromatic N) is 3. The van der Waals surface area contributed by atoms with Crippen LogP contribution in [0, 0.1) is 0 Å². The number of fused-ring (bicyclic) bond motifs is 1. The quantitative estimate of drug-likeness (QED) is 0.542. The average molecular weight is 450 g/mol. The molecule has 174 valence electrons. The van der Waals surface area contributed by atoms with Gasteiger partial charge in [0.15, 0.2) is 0 Å². The van der Waals surface area contributed by atoms with Crippen molar-refractivity contribution in [3.8, 4) is 17.2 Å². The molecule has 8 nitrogen and oxygen atoms in total. The molecule has 4 rings (SSSR count). The summed E-state index contributed by atoms with van der Waals surface area (Å²) in [6.07, 6.45) is 1.75. The number of rotatable bonds is 8. The molecule has 0 saturated carbocycles. The lowest BCUT2D eigenvalue weighted by molar-refractivity contribution is 0.112. The molecule has 8 heteroatoms. The molecular weight excluding hydrogens is 418 g/mol. The number of benzene rings is 2. The minimum Gasteiger partial charge on any atom is -0.497 e. The van der Waals surface area contributed by atoms with Gasteiger partial charge in [-0.05, 0) is 47.9 Å². The summed E-state index contributed by atoms with van der Waals surface area (Å²) in [4.78, 5) is 8.79. The van der Waals surface area contributed by atoms with Crippen molar-refractivity contribution in [1.29, 1.82) is 0 Å². The molecule has 1 aromatic heterocycles. The van der Waals surface area contributed by atoms with Crippen LogP contribution in [0.15, 0.2) is 60.8 Å². The SMILES string of the molecule is COc1ccc(CCN2c3ncccc3C(N)N(Cc3cc(OC)cc(OC)c3)C2N)cc1. The number of pyridine rings is 1. The number of nitrogens with two attached hydrogens (primary N) is 2. The standard InChI is InChI=1S/C25H31N5O3/c1-31-19-8-6-17(7-9-19)10-12-29-24-22(5-4-11-28-24)23(26)30(25(29)27)16-18-13-20(32-2)15-21(14-18)33-3/h4-9,11,13-15,23,25H,10,12,16,26-27H2,1-3H3. The maximum absolute atomic E-state index is 6.78. The molecule has 1 aliphatic rings. The van der Waals surface area contributed by atoms with Crippen LogP contribution in [0.2, 0.25) is 0 Å². The summed E-state index contributed by atoms with van der Waals surface area (Å²) >= 11 is 0. The Kier molecular flexibility index (Phi) is 6.98. The second-order valence-electron chi connectivity index (χ2n) is 7.96. The van der Waals surface area contributed by atoms with Crippen molar-refractivity contribution < 1.29 is 14.2 Å². The fourth-order valence-corrected chi connectivity index (χ4v) is 4.17. The van der Waals surface area contributed by atoms with Crippen LogP contribution in [-0.4, -0.2) is 44.0 Å². The van der Waals surface area contributed by atoms with E-state index in [1.807, 2.05) is 42.5 Å². The molecular formula is C25H31N5O3. The Morgan fingerprint density at radius 3 is 2.15 bits per heavy atom. The van der Waals surface area contributed by atoms with Gasteiger partial charge in [0.1, 0.15) is 29.4 Å². The number of aromatic nitrogens is 1. The van der Waals surface area contributed by atoms with E-state index < -0.39 is 12.5 Å². The molecule has 2 unspecified atom stereocenters. The molecule has 2 heterocycles. The third-order valence-corrected chi connectivity index (χ3v) is 6.00. The van der Waals surface area contributed by atoms with E-state index in [-0.39, 0.29) is 0 Å². The highest BCUT2D eigenvalue weighted by Gasteiger charge is 2.36. The molecule has 0 aliphatic carbocycles. The predicted molar refractivity (Wildman–Crippen MR) is 128 cm³/mol. The van der Waals surface area contributed by atoms with Gasteiger partial charge in [0.25, 0.3) is 0 Å². The van der Waals surface area contributed by atoms with Crippen molar-refractivity contribution in [2.24, 2.45) is 11.5 Å². The molecule has 0 saturated heterocycles. The monoisotopic (exact) mass is 449 g/mol. The fraction of sp³-hybridized carbons (Fsp3) is 0.320. The van der Waals surface area contributed by atoms with Crippen molar-refractivity contribution in [2.75, 3.05) is 32.8 Å². The van der Waals surface area contributed by atoms with Crippen molar-refractivity contribution >= 4 is 5.82 Å². The van der Waals surface area contributed by atoms with Gasteiger partial charge in [-0.2, -0.15) is 0 Å². The molecule has 0 fully saturated rings. The van der Waals surface area contributed by atoms with E-state index in [1.54, 1.807) is 27.5 Å². The highest BCUT2D eigenvalue weighted by Crippen LogP contribution is 2.35. The van der Waals surface area contributed by atoms with Crippen LogP contribution in [0.25, 0.3) is 0 Å². The first kappa shape index (κ1) is 22.8. The molecule has 4 N–H and O–H groups in total. The zero-order chi connectivity index (χ0) is 23.4. The van der Waals surface area contributed by atoms with Gasteiger partial charge < -0.3 is 24.8 Å². The molecule has 0 amide bonds. The Morgan fingerprint density at radius 1 is 0.848 bits per heavy atom. The number of hydrogen-bond acceptors (Lipinski definition) is 8. The zero-order valence-electron chi connectivity index (χ0n) is 19.3. The van der Waals surface area contributed by atoms with Crippen LogP contribution in [0.4, 0.5) is 5.82 Å². The van der Waals surface area contributed by atoms with Gasteiger partial charge in [0.2, 0.25) is 0 Å². The Hall–Kier alpha value is -3.33. The lowest BCUT2D eigenvalue weighted by Crippen LogP contribution is -2.60. The lowest BCUT2D eigenvalue weighted by atomic mass is 10.1. The summed E-state index contributed by atoms with van der Waals surface area (Å²) in [5.74, 6) is 3.11. The normalized spacial score (nSPS) is 18.0. The lowest BCUT2D eigenvalue weighted by Gasteiger charge is -2.46. The van der Waals surface area contributed by atoms with Gasteiger partial charge >= 0.3 is 0 Å². The summed E-state index contributed by atoms with van der Waals surface area (Å²) in [7, 11) is 4.94. The summed E-state index contributed by atoms with van der Waals surface area (Å²) in [5, 5.41) is 0. The van der Waals surface area contributed by atoms with E-state index in [9.17, 15) is 0 Å². The smallest absolute Gasteiger partial charge is 0.137 e. The highest BCUT2D eigenvalue weighted by molar-refractivity contribution is 5.51. The van der Waals surface area contributed by atoms with Crippen LogP contribution in [-0.2, 0) is 13.0 Å². The number of methoxy groups -OCH3 is 3. The van der Waals surface area contributed by atoms with Crippen LogP contribution < -0.4 is 30.6 Å². The van der Waals surface area contributed by atoms with Gasteiger partial charge in [0.05, 0.1) is 27.5 Å². The Labute approximate surface area is 194 Å². The maximum Gasteiger partial charge on any atom is 0.137 e. The topological polar surface area (TPSA) is 99.1 Å². The molecule has 0 radical (unpaired) electrons. The molecule has 2 aromatic carbocycles. The highest BCUT2D eigenvalue weighted by atomic mass is 16.5. The average Bonchev–Trinajstić information content (AvgIpc) is 2.86. The van der Waals surface area contributed by atoms with Gasteiger partial charge in [0, 0.05) is 30.9 Å². The predicted octanol–water partition coefficient (Wildman–Crippen LogP) is 2.87. The second kappa shape index (κ2) is 10.1. The van der Waals surface area contributed by atoms with E-state index in [0.717, 1.165) is 40.6 Å². The Balaban J connectivity index is 1.60. The van der Waals surface area contributed by atoms with E-state index in [0.29, 0.717) is 13.1 Å². The summed E-state index contributed by atoms with van der Waals surface area (Å²) in [6.45, 7) is 1.23. The largest absolute Gasteiger partial charge is 0.497 e. The third-order valence-electron chi connectivity index (χ3n) is 6.00. The molecule has 33 heavy (non-hydrogen) atoms. The van der Waals surface area contributed by atoms with Gasteiger partial charge in [-0.25, -0.2) is 9.88 Å². The first-order valence-electron chi connectivity index (χ1n) is 10.9. The Bertz CT molecular complexity index is 1050. The maximum atomic E-state index is 6.78.